The van der Waals surface area contributed by atoms with Gasteiger partial charge in [0.15, 0.2) is 0 Å². The molecule has 0 aliphatic carbocycles. The Bertz CT molecular complexity index is 604. The summed E-state index contributed by atoms with van der Waals surface area (Å²) in [5.41, 5.74) is 2.78. The lowest BCUT2D eigenvalue weighted by Crippen LogP contribution is -2.38. The average molecular weight is 282 g/mol. The molecular weight excluding hydrogens is 264 g/mol. The topological polar surface area (TPSA) is 59.0 Å². The van der Waals surface area contributed by atoms with E-state index in [9.17, 15) is 4.79 Å². The number of aryl methyl sites for hydroxylation is 1. The summed E-state index contributed by atoms with van der Waals surface area (Å²) in [5, 5.41) is 0. The van der Waals surface area contributed by atoms with Gasteiger partial charge in [0, 0.05) is 31.2 Å². The van der Waals surface area contributed by atoms with Gasteiger partial charge in [-0.15, -0.1) is 0 Å². The molecule has 1 amide bonds. The molecule has 5 heteroatoms. The summed E-state index contributed by atoms with van der Waals surface area (Å²) in [6.07, 6.45) is 6.92. The summed E-state index contributed by atoms with van der Waals surface area (Å²) in [6, 6.07) is 5.86. The third-order valence-electron chi connectivity index (χ3n) is 3.99. The molecule has 108 valence electrons. The zero-order valence-electron chi connectivity index (χ0n) is 12.1. The molecule has 1 fully saturated rings. The Morgan fingerprint density at radius 1 is 1.19 bits per heavy atom. The van der Waals surface area contributed by atoms with Crippen molar-refractivity contribution in [1.29, 1.82) is 0 Å². The van der Waals surface area contributed by atoms with E-state index < -0.39 is 0 Å². The Morgan fingerprint density at radius 3 is 2.62 bits per heavy atom. The number of nitrogens with zero attached hydrogens (tertiary/aromatic N) is 4. The summed E-state index contributed by atoms with van der Waals surface area (Å²) in [6.45, 7) is 3.52. The van der Waals surface area contributed by atoms with Crippen molar-refractivity contribution in [2.24, 2.45) is 0 Å². The molecule has 2 aromatic heterocycles. The number of likely N-dealkylation sites (tertiary alicyclic amines) is 1. The fourth-order valence-electron chi connectivity index (χ4n) is 2.72. The highest BCUT2D eigenvalue weighted by Gasteiger charge is 2.25. The molecule has 1 aliphatic rings. The average Bonchev–Trinajstić information content (AvgIpc) is 2.56. The maximum atomic E-state index is 12.3. The summed E-state index contributed by atoms with van der Waals surface area (Å²) >= 11 is 0. The Kier molecular flexibility index (Phi) is 3.90. The molecule has 0 bridgehead atoms. The number of hydrogen-bond acceptors (Lipinski definition) is 4. The van der Waals surface area contributed by atoms with E-state index in [1.165, 1.54) is 11.9 Å². The minimum atomic E-state index is -0.00196. The Hall–Kier alpha value is -2.30. The Morgan fingerprint density at radius 2 is 2.00 bits per heavy atom. The van der Waals surface area contributed by atoms with Crippen molar-refractivity contribution in [1.82, 2.24) is 19.9 Å². The van der Waals surface area contributed by atoms with Gasteiger partial charge in [0.1, 0.15) is 12.0 Å². The first-order valence-electron chi connectivity index (χ1n) is 7.22. The Balaban J connectivity index is 1.63. The number of carbonyl (C=O) groups excluding carboxylic acids is 1. The molecule has 5 nitrogen and oxygen atoms in total. The van der Waals surface area contributed by atoms with Crippen LogP contribution in [-0.2, 0) is 0 Å². The van der Waals surface area contributed by atoms with Crippen LogP contribution in [0.1, 0.15) is 40.5 Å². The zero-order chi connectivity index (χ0) is 14.7. The van der Waals surface area contributed by atoms with Gasteiger partial charge in [0.25, 0.3) is 5.91 Å². The van der Waals surface area contributed by atoms with Crippen LogP contribution < -0.4 is 0 Å². The SMILES string of the molecule is Cc1ccc(C2CCN(C(=O)c3ccncn3)CC2)cn1. The normalized spacial score (nSPS) is 16.0. The van der Waals surface area contributed by atoms with Crippen molar-refractivity contribution in [2.75, 3.05) is 13.1 Å². The first-order valence-corrected chi connectivity index (χ1v) is 7.22. The van der Waals surface area contributed by atoms with Crippen LogP contribution in [0.15, 0.2) is 36.9 Å². The first-order chi connectivity index (χ1) is 10.2. The number of hydrogen-bond donors (Lipinski definition) is 0. The fourth-order valence-corrected chi connectivity index (χ4v) is 2.72. The van der Waals surface area contributed by atoms with E-state index in [0.29, 0.717) is 11.6 Å². The van der Waals surface area contributed by atoms with Gasteiger partial charge in [0.05, 0.1) is 0 Å². The van der Waals surface area contributed by atoms with E-state index >= 15 is 0 Å². The number of rotatable bonds is 2. The molecule has 2 aromatic rings. The van der Waals surface area contributed by atoms with Crippen molar-refractivity contribution < 1.29 is 4.79 Å². The molecule has 3 rings (SSSR count). The fraction of sp³-hybridized carbons (Fsp3) is 0.375. The van der Waals surface area contributed by atoms with Crippen molar-refractivity contribution in [3.05, 3.63) is 53.9 Å². The van der Waals surface area contributed by atoms with Crippen molar-refractivity contribution >= 4 is 5.91 Å². The van der Waals surface area contributed by atoms with Gasteiger partial charge in [-0.2, -0.15) is 0 Å². The molecule has 21 heavy (non-hydrogen) atoms. The molecule has 0 aromatic carbocycles. The molecule has 3 heterocycles. The summed E-state index contributed by atoms with van der Waals surface area (Å²) < 4.78 is 0. The molecule has 0 unspecified atom stereocenters. The Labute approximate surface area is 124 Å². The second kappa shape index (κ2) is 5.99. The van der Waals surface area contributed by atoms with E-state index in [1.807, 2.05) is 24.1 Å². The van der Waals surface area contributed by atoms with Gasteiger partial charge in [-0.05, 0) is 43.4 Å². The number of aromatic nitrogens is 3. The third kappa shape index (κ3) is 3.07. The first kappa shape index (κ1) is 13.7. The van der Waals surface area contributed by atoms with Crippen molar-refractivity contribution in [2.45, 2.75) is 25.7 Å². The van der Waals surface area contributed by atoms with Crippen LogP contribution in [0.2, 0.25) is 0 Å². The minimum absolute atomic E-state index is 0.00196. The predicted molar refractivity (Wildman–Crippen MR) is 78.9 cm³/mol. The lowest BCUT2D eigenvalue weighted by atomic mass is 9.90. The highest BCUT2D eigenvalue weighted by Crippen LogP contribution is 2.28. The standard InChI is InChI=1S/C16H18N4O/c1-12-2-3-14(10-18-12)13-5-8-20(9-6-13)16(21)15-4-7-17-11-19-15/h2-4,7,10-11,13H,5-6,8-9H2,1H3. The van der Waals surface area contributed by atoms with Crippen LogP contribution >= 0.6 is 0 Å². The lowest BCUT2D eigenvalue weighted by Gasteiger charge is -2.31. The van der Waals surface area contributed by atoms with Gasteiger partial charge in [-0.1, -0.05) is 6.07 Å². The highest BCUT2D eigenvalue weighted by atomic mass is 16.2. The monoisotopic (exact) mass is 282 g/mol. The van der Waals surface area contributed by atoms with Crippen LogP contribution in [0.3, 0.4) is 0 Å². The third-order valence-corrected chi connectivity index (χ3v) is 3.99. The van der Waals surface area contributed by atoms with Crippen LogP contribution in [-0.4, -0.2) is 38.8 Å². The number of pyridine rings is 1. The van der Waals surface area contributed by atoms with E-state index in [0.717, 1.165) is 31.6 Å². The second-order valence-electron chi connectivity index (χ2n) is 5.39. The van der Waals surface area contributed by atoms with E-state index in [1.54, 1.807) is 12.3 Å². The molecule has 1 saturated heterocycles. The van der Waals surface area contributed by atoms with Crippen LogP contribution in [0.25, 0.3) is 0 Å². The van der Waals surface area contributed by atoms with Crippen LogP contribution in [0.4, 0.5) is 0 Å². The lowest BCUT2D eigenvalue weighted by molar-refractivity contribution is 0.0707. The van der Waals surface area contributed by atoms with Crippen LogP contribution in [0.5, 0.6) is 0 Å². The molecule has 1 aliphatic heterocycles. The highest BCUT2D eigenvalue weighted by molar-refractivity contribution is 5.92. The number of carbonyl (C=O) groups is 1. The van der Waals surface area contributed by atoms with Crippen molar-refractivity contribution in [3.63, 3.8) is 0 Å². The maximum Gasteiger partial charge on any atom is 0.272 e. The second-order valence-corrected chi connectivity index (χ2v) is 5.39. The van der Waals surface area contributed by atoms with Gasteiger partial charge < -0.3 is 4.90 Å². The molecule has 0 atom stereocenters. The molecule has 0 saturated carbocycles. The quantitative estimate of drug-likeness (QED) is 0.847. The molecule has 0 radical (unpaired) electrons. The van der Waals surface area contributed by atoms with Gasteiger partial charge in [-0.25, -0.2) is 9.97 Å². The van der Waals surface area contributed by atoms with Gasteiger partial charge in [-0.3, -0.25) is 9.78 Å². The molecule has 0 spiro atoms. The van der Waals surface area contributed by atoms with E-state index in [4.69, 9.17) is 0 Å². The largest absolute Gasteiger partial charge is 0.337 e. The van der Waals surface area contributed by atoms with Crippen molar-refractivity contribution in [3.8, 4) is 0 Å². The van der Waals surface area contributed by atoms with E-state index in [-0.39, 0.29) is 5.91 Å². The maximum absolute atomic E-state index is 12.3. The summed E-state index contributed by atoms with van der Waals surface area (Å²) in [5.74, 6) is 0.491. The summed E-state index contributed by atoms with van der Waals surface area (Å²) in [4.78, 5) is 26.4. The van der Waals surface area contributed by atoms with E-state index in [2.05, 4.69) is 21.0 Å². The van der Waals surface area contributed by atoms with Gasteiger partial charge in [0.2, 0.25) is 0 Å². The van der Waals surface area contributed by atoms with Gasteiger partial charge >= 0.3 is 0 Å². The summed E-state index contributed by atoms with van der Waals surface area (Å²) in [7, 11) is 0. The zero-order valence-corrected chi connectivity index (χ0v) is 12.1. The minimum Gasteiger partial charge on any atom is -0.337 e. The predicted octanol–water partition coefficient (Wildman–Crippen LogP) is 2.20. The molecular formula is C16H18N4O. The number of amides is 1. The number of piperidine rings is 1. The molecule has 0 N–H and O–H groups in total. The smallest absolute Gasteiger partial charge is 0.272 e. The van der Waals surface area contributed by atoms with Crippen LogP contribution in [0, 0.1) is 6.92 Å².